The molecule has 3 aromatic rings. The first-order valence-corrected chi connectivity index (χ1v) is 10.5. The molecule has 2 heterocycles. The summed E-state index contributed by atoms with van der Waals surface area (Å²) in [5.41, 5.74) is 5.94. The van der Waals surface area contributed by atoms with Crippen LogP contribution in [0.15, 0.2) is 53.9 Å². The van der Waals surface area contributed by atoms with Crippen molar-refractivity contribution in [2.45, 2.75) is 32.4 Å². The molecule has 1 atom stereocenters. The second-order valence-corrected chi connectivity index (χ2v) is 8.63. The highest BCUT2D eigenvalue weighted by Crippen LogP contribution is 2.53. The Morgan fingerprint density at radius 1 is 1.21 bits per heavy atom. The molecule has 1 aromatic heterocycles. The summed E-state index contributed by atoms with van der Waals surface area (Å²) in [5.74, 6) is -0.441. The van der Waals surface area contributed by atoms with Crippen molar-refractivity contribution in [3.8, 4) is 23.1 Å². The summed E-state index contributed by atoms with van der Waals surface area (Å²) < 4.78 is 47.7. The van der Waals surface area contributed by atoms with Gasteiger partial charge < -0.3 is 10.5 Å². The van der Waals surface area contributed by atoms with E-state index in [-0.39, 0.29) is 34.4 Å². The summed E-state index contributed by atoms with van der Waals surface area (Å²) in [6.07, 6.45) is -4.63. The molecule has 5 nitrogen and oxygen atoms in total. The Balaban J connectivity index is 2.16. The number of nitrogens with two attached hydrogens (primary N) is 1. The van der Waals surface area contributed by atoms with Crippen molar-refractivity contribution in [2.24, 2.45) is 11.7 Å². The van der Waals surface area contributed by atoms with Crippen molar-refractivity contribution in [1.29, 1.82) is 5.26 Å². The fourth-order valence-corrected chi connectivity index (χ4v) is 4.88. The number of fused-ring (bicyclic) bond motifs is 1. The molecule has 33 heavy (non-hydrogen) atoms. The lowest BCUT2D eigenvalue weighted by Gasteiger charge is -2.41. The van der Waals surface area contributed by atoms with Gasteiger partial charge in [0.15, 0.2) is 0 Å². The maximum absolute atomic E-state index is 14.1. The van der Waals surface area contributed by atoms with E-state index >= 15 is 0 Å². The van der Waals surface area contributed by atoms with Gasteiger partial charge >= 0.3 is 6.18 Å². The van der Waals surface area contributed by atoms with Crippen molar-refractivity contribution >= 4 is 11.6 Å². The first-order valence-electron chi connectivity index (χ1n) is 10.1. The molecule has 0 fully saturated rings. The molecule has 0 saturated carbocycles. The van der Waals surface area contributed by atoms with Crippen LogP contribution in [0.2, 0.25) is 5.02 Å². The van der Waals surface area contributed by atoms with Crippen LogP contribution in [0, 0.1) is 24.2 Å². The predicted octanol–water partition coefficient (Wildman–Crippen LogP) is 6.09. The standard InChI is InChI=1S/C24H20ClF3N4O/c1-12(2)23(18(11-29)21(30)33-22-20(23)13(3)31-32-22)15-8-14(9-16(10-15)24(26,27)28)17-6-4-5-7-19(17)25/h4-10,12H,30H2,1-3H3,(H,31,32)/t23-/m0/s1. The van der Waals surface area contributed by atoms with Crippen LogP contribution in [0.25, 0.3) is 11.1 Å². The predicted molar refractivity (Wildman–Crippen MR) is 118 cm³/mol. The molecule has 0 unspecified atom stereocenters. The molecule has 0 bridgehead atoms. The third-order valence-corrected chi connectivity index (χ3v) is 6.36. The number of halogens is 4. The molecule has 4 rings (SSSR count). The van der Waals surface area contributed by atoms with E-state index in [9.17, 15) is 18.4 Å². The number of allylic oxidation sites excluding steroid dienone is 1. The largest absolute Gasteiger partial charge is 0.420 e. The molecule has 0 aliphatic carbocycles. The normalized spacial score (nSPS) is 18.2. The van der Waals surface area contributed by atoms with Gasteiger partial charge in [0.1, 0.15) is 11.6 Å². The maximum atomic E-state index is 14.1. The molecule has 0 saturated heterocycles. The summed E-state index contributed by atoms with van der Waals surface area (Å²) >= 11 is 6.33. The Bertz CT molecular complexity index is 1320. The van der Waals surface area contributed by atoms with Crippen LogP contribution in [0.5, 0.6) is 5.88 Å². The van der Waals surface area contributed by atoms with Gasteiger partial charge in [0.25, 0.3) is 0 Å². The number of H-pyrrole nitrogens is 1. The van der Waals surface area contributed by atoms with Gasteiger partial charge in [-0.25, -0.2) is 0 Å². The smallest absolute Gasteiger partial charge is 0.416 e. The third kappa shape index (κ3) is 3.44. The van der Waals surface area contributed by atoms with Crippen molar-refractivity contribution in [2.75, 3.05) is 0 Å². The van der Waals surface area contributed by atoms with Gasteiger partial charge in [0, 0.05) is 16.3 Å². The number of alkyl halides is 3. The number of hydrogen-bond acceptors (Lipinski definition) is 4. The molecule has 9 heteroatoms. The zero-order valence-electron chi connectivity index (χ0n) is 18.0. The minimum Gasteiger partial charge on any atom is -0.420 e. The molecule has 1 aliphatic rings. The highest BCUT2D eigenvalue weighted by Gasteiger charge is 2.51. The second-order valence-electron chi connectivity index (χ2n) is 8.22. The molecular weight excluding hydrogens is 453 g/mol. The van der Waals surface area contributed by atoms with Crippen molar-refractivity contribution in [3.05, 3.63) is 81.3 Å². The Labute approximate surface area is 193 Å². The topological polar surface area (TPSA) is 87.7 Å². The molecular formula is C24H20ClF3N4O. The van der Waals surface area contributed by atoms with Crippen LogP contribution >= 0.6 is 11.6 Å². The monoisotopic (exact) mass is 472 g/mol. The number of hydrogen-bond donors (Lipinski definition) is 2. The van der Waals surface area contributed by atoms with E-state index < -0.39 is 17.2 Å². The summed E-state index contributed by atoms with van der Waals surface area (Å²) in [7, 11) is 0. The van der Waals surface area contributed by atoms with Crippen LogP contribution in [0.4, 0.5) is 13.2 Å². The van der Waals surface area contributed by atoms with Crippen LogP contribution in [0.3, 0.4) is 0 Å². The van der Waals surface area contributed by atoms with E-state index in [0.29, 0.717) is 21.8 Å². The molecule has 0 spiro atoms. The lowest BCUT2D eigenvalue weighted by molar-refractivity contribution is -0.137. The van der Waals surface area contributed by atoms with Gasteiger partial charge in [0.05, 0.1) is 16.5 Å². The number of nitrogens with zero attached hydrogens (tertiary/aromatic N) is 2. The van der Waals surface area contributed by atoms with Crippen molar-refractivity contribution in [1.82, 2.24) is 10.2 Å². The first-order chi connectivity index (χ1) is 15.5. The zero-order valence-corrected chi connectivity index (χ0v) is 18.8. The van der Waals surface area contributed by atoms with Gasteiger partial charge in [-0.05, 0) is 48.2 Å². The van der Waals surface area contributed by atoms with Crippen LogP contribution in [-0.4, -0.2) is 10.2 Å². The molecule has 1 aliphatic heterocycles. The quantitative estimate of drug-likeness (QED) is 0.483. The molecule has 0 radical (unpaired) electrons. The zero-order chi connectivity index (χ0) is 24.1. The fourth-order valence-electron chi connectivity index (χ4n) is 4.63. The fraction of sp³-hybridized carbons (Fsp3) is 0.250. The van der Waals surface area contributed by atoms with Crippen molar-refractivity contribution in [3.63, 3.8) is 0 Å². The molecule has 2 aromatic carbocycles. The lowest BCUT2D eigenvalue weighted by Crippen LogP contribution is -2.41. The number of aromatic nitrogens is 2. The third-order valence-electron chi connectivity index (χ3n) is 6.03. The van der Waals surface area contributed by atoms with Gasteiger partial charge in [-0.3, -0.25) is 5.10 Å². The van der Waals surface area contributed by atoms with E-state index in [0.717, 1.165) is 12.1 Å². The number of aryl methyl sites for hydroxylation is 1. The number of ether oxygens (including phenoxy) is 1. The molecule has 3 N–H and O–H groups in total. The summed E-state index contributed by atoms with van der Waals surface area (Å²) in [6, 6.07) is 12.5. The molecule has 0 amide bonds. The number of nitrogens with one attached hydrogen (secondary N) is 1. The summed E-state index contributed by atoms with van der Waals surface area (Å²) in [4.78, 5) is 0. The lowest BCUT2D eigenvalue weighted by atomic mass is 9.61. The van der Waals surface area contributed by atoms with Gasteiger partial charge in [-0.15, -0.1) is 5.10 Å². The van der Waals surface area contributed by atoms with Gasteiger partial charge in [-0.2, -0.15) is 18.4 Å². The number of rotatable bonds is 3. The highest BCUT2D eigenvalue weighted by atomic mass is 35.5. The average molecular weight is 473 g/mol. The maximum Gasteiger partial charge on any atom is 0.416 e. The Morgan fingerprint density at radius 3 is 2.52 bits per heavy atom. The number of benzene rings is 2. The Kier molecular flexibility index (Phi) is 5.41. The highest BCUT2D eigenvalue weighted by molar-refractivity contribution is 6.33. The summed E-state index contributed by atoms with van der Waals surface area (Å²) in [5, 5.41) is 17.3. The van der Waals surface area contributed by atoms with Crippen LogP contribution in [0.1, 0.15) is 36.2 Å². The number of nitriles is 1. The SMILES string of the molecule is Cc1[nH]nc2c1[C@](c1cc(-c3ccccc3Cl)cc(C(F)(F)F)c1)(C(C)C)C(C#N)=C(N)O2. The second kappa shape index (κ2) is 7.85. The summed E-state index contributed by atoms with van der Waals surface area (Å²) in [6.45, 7) is 5.37. The number of aromatic amines is 1. The Morgan fingerprint density at radius 2 is 1.91 bits per heavy atom. The van der Waals surface area contributed by atoms with Crippen LogP contribution < -0.4 is 10.5 Å². The van der Waals surface area contributed by atoms with Crippen LogP contribution in [-0.2, 0) is 11.6 Å². The van der Waals surface area contributed by atoms with Crippen molar-refractivity contribution < 1.29 is 17.9 Å². The first kappa shape index (κ1) is 22.7. The van der Waals surface area contributed by atoms with Gasteiger partial charge in [0.2, 0.25) is 11.8 Å². The van der Waals surface area contributed by atoms with E-state index in [1.807, 2.05) is 13.8 Å². The average Bonchev–Trinajstić information content (AvgIpc) is 3.12. The Hall–Kier alpha value is -3.44. The minimum atomic E-state index is -4.63. The minimum absolute atomic E-state index is 0.0268. The van der Waals surface area contributed by atoms with E-state index in [1.54, 1.807) is 37.3 Å². The van der Waals surface area contributed by atoms with E-state index in [1.165, 1.54) is 0 Å². The van der Waals surface area contributed by atoms with Gasteiger partial charge in [-0.1, -0.05) is 43.6 Å². The van der Waals surface area contributed by atoms with E-state index in [2.05, 4.69) is 16.3 Å². The van der Waals surface area contributed by atoms with E-state index in [4.69, 9.17) is 22.1 Å². The molecule has 170 valence electrons.